The second kappa shape index (κ2) is 62.5. The Morgan fingerprint density at radius 3 is 1.04 bits per heavy atom. The van der Waals surface area contributed by atoms with Crippen LogP contribution in [0.25, 0.3) is 0 Å². The summed E-state index contributed by atoms with van der Waals surface area (Å²) in [7, 11) is 1.47. The average molecular weight is 1170 g/mol. The number of carbonyl (C=O) groups is 2. The van der Waals surface area contributed by atoms with E-state index in [0.717, 1.165) is 89.9 Å². The van der Waals surface area contributed by atoms with Crippen LogP contribution in [0, 0.1) is 0 Å². The number of nitrogens with zero attached hydrogens (tertiary/aromatic N) is 1. The molecule has 474 valence electrons. The van der Waals surface area contributed by atoms with Crippen molar-refractivity contribution in [3.63, 3.8) is 0 Å². The van der Waals surface area contributed by atoms with Crippen LogP contribution in [-0.2, 0) is 32.7 Å². The molecule has 10 heteroatoms. The van der Waals surface area contributed by atoms with Crippen molar-refractivity contribution in [1.82, 2.24) is 0 Å². The van der Waals surface area contributed by atoms with Gasteiger partial charge in [0.05, 0.1) is 27.7 Å². The monoisotopic (exact) mass is 1170 g/mol. The summed E-state index contributed by atoms with van der Waals surface area (Å²) in [4.78, 5) is 35.9. The Balaban J connectivity index is 4.08. The van der Waals surface area contributed by atoms with Crippen molar-refractivity contribution in [1.29, 1.82) is 0 Å². The van der Waals surface area contributed by atoms with Crippen LogP contribution < -0.4 is 0 Å². The van der Waals surface area contributed by atoms with E-state index in [4.69, 9.17) is 18.5 Å². The van der Waals surface area contributed by atoms with E-state index in [1.165, 1.54) is 173 Å². The molecular formula is C72H129NO8P+. The van der Waals surface area contributed by atoms with Crippen LogP contribution >= 0.6 is 7.82 Å². The van der Waals surface area contributed by atoms with Gasteiger partial charge in [-0.2, -0.15) is 0 Å². The van der Waals surface area contributed by atoms with Crippen LogP contribution in [0.2, 0.25) is 0 Å². The molecule has 2 unspecified atom stereocenters. The molecule has 0 fully saturated rings. The lowest BCUT2D eigenvalue weighted by Gasteiger charge is -2.24. The van der Waals surface area contributed by atoms with Gasteiger partial charge in [-0.1, -0.05) is 284 Å². The van der Waals surface area contributed by atoms with E-state index < -0.39 is 26.5 Å². The Bertz CT molecular complexity index is 1710. The first kappa shape index (κ1) is 78.9. The maximum atomic E-state index is 12.9. The van der Waals surface area contributed by atoms with Crippen LogP contribution in [0.1, 0.15) is 296 Å². The summed E-state index contributed by atoms with van der Waals surface area (Å²) >= 11 is 0. The molecule has 0 amide bonds. The molecule has 9 nitrogen and oxygen atoms in total. The van der Waals surface area contributed by atoms with Gasteiger partial charge in [-0.15, -0.1) is 0 Å². The summed E-state index contributed by atoms with van der Waals surface area (Å²) in [5, 5.41) is 0. The number of carbonyl (C=O) groups excluding carboxylic acids is 2. The van der Waals surface area contributed by atoms with E-state index >= 15 is 0 Å². The SMILES string of the molecule is CC/C=C\C/C=C\C/C=C\C/C=C\C/C=C\C/C=C\CCCCCCCCCCCCC(=O)OC(COC(=O)CCCCCCCCCCCCCCCCCCC/C=C\C/C=C\CCCCCCC)COP(=O)(O)OCC[N+](C)(C)C. The molecule has 0 radical (unpaired) electrons. The summed E-state index contributed by atoms with van der Waals surface area (Å²) < 4.78 is 34.7. The molecule has 0 bridgehead atoms. The minimum absolute atomic E-state index is 0.0278. The summed E-state index contributed by atoms with van der Waals surface area (Å²) in [6.07, 6.45) is 86.4. The highest BCUT2D eigenvalue weighted by atomic mass is 31.2. The lowest BCUT2D eigenvalue weighted by atomic mass is 10.0. The molecule has 82 heavy (non-hydrogen) atoms. The molecule has 0 aliphatic rings. The molecule has 0 spiro atoms. The number of quaternary nitrogens is 1. The van der Waals surface area contributed by atoms with Gasteiger partial charge in [0.2, 0.25) is 0 Å². The van der Waals surface area contributed by atoms with Crippen molar-refractivity contribution in [3.8, 4) is 0 Å². The van der Waals surface area contributed by atoms with Gasteiger partial charge in [0, 0.05) is 12.8 Å². The summed E-state index contributed by atoms with van der Waals surface area (Å²) in [6.45, 7) is 4.33. The second-order valence-electron chi connectivity index (χ2n) is 23.8. The highest BCUT2D eigenvalue weighted by molar-refractivity contribution is 7.47. The molecule has 1 N–H and O–H groups in total. The number of likely N-dealkylation sites (N-methyl/N-ethyl adjacent to an activating group) is 1. The van der Waals surface area contributed by atoms with Crippen LogP contribution in [0.15, 0.2) is 97.2 Å². The highest BCUT2D eigenvalue weighted by Gasteiger charge is 2.27. The number of rotatable bonds is 62. The summed E-state index contributed by atoms with van der Waals surface area (Å²) in [5.74, 6) is -0.797. The van der Waals surface area contributed by atoms with E-state index in [2.05, 4.69) is 111 Å². The molecule has 0 aromatic carbocycles. The van der Waals surface area contributed by atoms with E-state index in [-0.39, 0.29) is 32.0 Å². The smallest absolute Gasteiger partial charge is 0.462 e. The topological polar surface area (TPSA) is 108 Å². The van der Waals surface area contributed by atoms with Gasteiger partial charge in [0.1, 0.15) is 19.8 Å². The third kappa shape index (κ3) is 66.1. The first-order valence-electron chi connectivity index (χ1n) is 34.0. The average Bonchev–Trinajstić information content (AvgIpc) is 3.45. The minimum Gasteiger partial charge on any atom is -0.462 e. The van der Waals surface area contributed by atoms with Crippen molar-refractivity contribution >= 4 is 19.8 Å². The van der Waals surface area contributed by atoms with Crippen molar-refractivity contribution in [3.05, 3.63) is 97.2 Å². The Morgan fingerprint density at radius 2 is 0.695 bits per heavy atom. The number of esters is 2. The van der Waals surface area contributed by atoms with E-state index in [1.54, 1.807) is 0 Å². The fourth-order valence-corrected chi connectivity index (χ4v) is 10.1. The van der Waals surface area contributed by atoms with E-state index in [1.807, 2.05) is 21.1 Å². The molecule has 0 rings (SSSR count). The third-order valence-electron chi connectivity index (χ3n) is 14.6. The maximum absolute atomic E-state index is 12.9. The fraction of sp³-hybridized carbons (Fsp3) is 0.750. The number of allylic oxidation sites excluding steroid dienone is 16. The standard InChI is InChI=1S/C72H128NO8P/c1-6-8-10-12-14-16-18-20-22-24-26-28-30-32-34-36-38-40-42-44-46-48-50-52-54-56-58-60-62-64-71(74)78-68-70(69-80-82(76,77)79-67-66-73(3,4)5)81-72(75)65-63-61-59-57-55-53-51-49-47-45-43-41-39-37-35-33-31-29-27-25-23-21-19-17-15-13-11-9-7-2/h9,11,15,17-18,20-21,23-24,26-27,29,33,35,39,41,70H,6-8,10,12-14,16,19,22,25,28,30-32,34,36-38,40,42-69H2,1-5H3/p+1/b11-9-,17-15-,20-18-,23-21-,26-24-,29-27-,35-33-,41-39-. The van der Waals surface area contributed by atoms with Crippen molar-refractivity contribution in [2.75, 3.05) is 47.5 Å². The molecular weight excluding hydrogens is 1040 g/mol. The molecule has 0 aliphatic carbocycles. The Kier molecular flexibility index (Phi) is 60.1. The van der Waals surface area contributed by atoms with Crippen LogP contribution in [0.4, 0.5) is 0 Å². The minimum atomic E-state index is -4.40. The Morgan fingerprint density at radius 1 is 0.390 bits per heavy atom. The zero-order valence-corrected chi connectivity index (χ0v) is 54.8. The zero-order valence-electron chi connectivity index (χ0n) is 54.0. The first-order valence-corrected chi connectivity index (χ1v) is 35.5. The zero-order chi connectivity index (χ0) is 59.8. The number of phosphoric acid groups is 1. The van der Waals surface area contributed by atoms with E-state index in [9.17, 15) is 19.0 Å². The number of hydrogen-bond acceptors (Lipinski definition) is 7. The Labute approximate surface area is 506 Å². The number of hydrogen-bond donors (Lipinski definition) is 1. The van der Waals surface area contributed by atoms with Crippen LogP contribution in [0.3, 0.4) is 0 Å². The molecule has 0 aromatic heterocycles. The van der Waals surface area contributed by atoms with Gasteiger partial charge in [-0.05, 0) is 96.3 Å². The summed E-state index contributed by atoms with van der Waals surface area (Å²) in [6, 6.07) is 0. The summed E-state index contributed by atoms with van der Waals surface area (Å²) in [5.41, 5.74) is 0. The van der Waals surface area contributed by atoms with Crippen molar-refractivity contribution in [2.24, 2.45) is 0 Å². The van der Waals surface area contributed by atoms with Crippen molar-refractivity contribution in [2.45, 2.75) is 302 Å². The van der Waals surface area contributed by atoms with Gasteiger partial charge in [-0.25, -0.2) is 4.57 Å². The normalized spacial score (nSPS) is 13.8. The maximum Gasteiger partial charge on any atom is 0.472 e. The third-order valence-corrected chi connectivity index (χ3v) is 15.6. The van der Waals surface area contributed by atoms with E-state index in [0.29, 0.717) is 17.4 Å². The predicted octanol–water partition coefficient (Wildman–Crippen LogP) is 21.9. The van der Waals surface area contributed by atoms with Gasteiger partial charge >= 0.3 is 19.8 Å². The van der Waals surface area contributed by atoms with Gasteiger partial charge in [0.15, 0.2) is 6.10 Å². The van der Waals surface area contributed by atoms with Crippen LogP contribution in [-0.4, -0.2) is 74.9 Å². The van der Waals surface area contributed by atoms with Gasteiger partial charge < -0.3 is 18.9 Å². The van der Waals surface area contributed by atoms with Crippen molar-refractivity contribution < 1.29 is 42.1 Å². The molecule has 0 aromatic rings. The molecule has 0 aliphatic heterocycles. The lowest BCUT2D eigenvalue weighted by molar-refractivity contribution is -0.870. The quantitative estimate of drug-likeness (QED) is 0.0211. The number of unbranched alkanes of at least 4 members (excludes halogenated alkanes) is 32. The lowest BCUT2D eigenvalue weighted by Crippen LogP contribution is -2.37. The largest absolute Gasteiger partial charge is 0.472 e. The molecule has 2 atom stereocenters. The molecule has 0 saturated carbocycles. The van der Waals surface area contributed by atoms with Gasteiger partial charge in [-0.3, -0.25) is 18.6 Å². The molecule has 0 heterocycles. The van der Waals surface area contributed by atoms with Gasteiger partial charge in [0.25, 0.3) is 0 Å². The van der Waals surface area contributed by atoms with Crippen LogP contribution in [0.5, 0.6) is 0 Å². The number of phosphoric ester groups is 1. The first-order chi connectivity index (χ1) is 40.0. The Hall–Kier alpha value is -3.07. The fourth-order valence-electron chi connectivity index (χ4n) is 9.40. The number of ether oxygens (including phenoxy) is 2. The highest BCUT2D eigenvalue weighted by Crippen LogP contribution is 2.43. The molecule has 0 saturated heterocycles. The predicted molar refractivity (Wildman–Crippen MR) is 353 cm³/mol. The second-order valence-corrected chi connectivity index (χ2v) is 25.3.